The maximum absolute atomic E-state index is 12.3. The van der Waals surface area contributed by atoms with E-state index in [0.29, 0.717) is 11.3 Å². The van der Waals surface area contributed by atoms with Gasteiger partial charge in [0, 0.05) is 12.1 Å². The Kier molecular flexibility index (Phi) is 4.28. The van der Waals surface area contributed by atoms with E-state index in [0.717, 1.165) is 19.3 Å². The summed E-state index contributed by atoms with van der Waals surface area (Å²) in [6.07, 6.45) is 3.79. The van der Waals surface area contributed by atoms with Crippen molar-refractivity contribution in [2.45, 2.75) is 56.5 Å². The van der Waals surface area contributed by atoms with Crippen molar-refractivity contribution in [2.75, 3.05) is 0 Å². The first-order valence-corrected chi connectivity index (χ1v) is 8.26. The third-order valence-corrected chi connectivity index (χ3v) is 5.05. The quantitative estimate of drug-likeness (QED) is 0.861. The number of fused-ring (bicyclic) bond motifs is 1. The smallest absolute Gasteiger partial charge is 0.240 e. The summed E-state index contributed by atoms with van der Waals surface area (Å²) in [5.41, 5.74) is 8.14. The Morgan fingerprint density at radius 2 is 1.95 bits per heavy atom. The number of sulfonamides is 1. The van der Waals surface area contributed by atoms with Crippen molar-refractivity contribution in [3.63, 3.8) is 0 Å². The zero-order chi connectivity index (χ0) is 14.0. The van der Waals surface area contributed by atoms with Crippen LogP contribution in [0.15, 0.2) is 23.1 Å². The molecule has 2 rings (SSSR count). The molecule has 0 spiro atoms. The van der Waals surface area contributed by atoms with E-state index in [9.17, 15) is 8.42 Å². The molecule has 4 nitrogen and oxygen atoms in total. The number of hydrogen-bond acceptors (Lipinski definition) is 3. The molecule has 19 heavy (non-hydrogen) atoms. The maximum Gasteiger partial charge on any atom is 0.240 e. The highest BCUT2D eigenvalue weighted by molar-refractivity contribution is 7.89. The van der Waals surface area contributed by atoms with Gasteiger partial charge >= 0.3 is 0 Å². The standard InChI is InChI=1S/C14H22N2O2S/c1-10(15)8-11(2)16-19(17,18)14-7-6-12-4-3-5-13(12)9-14/h6-7,9-11,16H,3-5,8,15H2,1-2H3. The molecule has 0 radical (unpaired) electrons. The second-order valence-electron chi connectivity index (χ2n) is 5.52. The van der Waals surface area contributed by atoms with Crippen molar-refractivity contribution >= 4 is 10.0 Å². The van der Waals surface area contributed by atoms with Gasteiger partial charge in [0.25, 0.3) is 0 Å². The van der Waals surface area contributed by atoms with Crippen molar-refractivity contribution in [1.29, 1.82) is 0 Å². The van der Waals surface area contributed by atoms with Gasteiger partial charge in [-0.05, 0) is 62.8 Å². The van der Waals surface area contributed by atoms with Crippen LogP contribution >= 0.6 is 0 Å². The second-order valence-corrected chi connectivity index (χ2v) is 7.23. The fraction of sp³-hybridized carbons (Fsp3) is 0.571. The molecule has 0 heterocycles. The molecule has 0 fully saturated rings. The molecular weight excluding hydrogens is 260 g/mol. The van der Waals surface area contributed by atoms with Crippen molar-refractivity contribution in [3.05, 3.63) is 29.3 Å². The monoisotopic (exact) mass is 282 g/mol. The Labute approximate surface area is 115 Å². The summed E-state index contributed by atoms with van der Waals surface area (Å²) in [6.45, 7) is 3.72. The van der Waals surface area contributed by atoms with Crippen LogP contribution in [0.5, 0.6) is 0 Å². The number of rotatable bonds is 5. The van der Waals surface area contributed by atoms with Crippen LogP contribution in [-0.2, 0) is 22.9 Å². The normalized spacial score (nSPS) is 18.1. The molecule has 1 aliphatic rings. The zero-order valence-electron chi connectivity index (χ0n) is 11.5. The highest BCUT2D eigenvalue weighted by atomic mass is 32.2. The summed E-state index contributed by atoms with van der Waals surface area (Å²) in [4.78, 5) is 0.365. The first kappa shape index (κ1) is 14.5. The molecule has 0 aromatic heterocycles. The molecule has 1 aliphatic carbocycles. The van der Waals surface area contributed by atoms with E-state index in [1.165, 1.54) is 11.1 Å². The lowest BCUT2D eigenvalue weighted by Gasteiger charge is -2.16. The van der Waals surface area contributed by atoms with Gasteiger partial charge in [-0.25, -0.2) is 13.1 Å². The third-order valence-electron chi connectivity index (χ3n) is 3.46. The summed E-state index contributed by atoms with van der Waals surface area (Å²) < 4.78 is 27.2. The molecule has 0 saturated heterocycles. The van der Waals surface area contributed by atoms with Crippen LogP contribution < -0.4 is 10.5 Å². The van der Waals surface area contributed by atoms with Crippen molar-refractivity contribution in [1.82, 2.24) is 4.72 Å². The lowest BCUT2D eigenvalue weighted by molar-refractivity contribution is 0.519. The van der Waals surface area contributed by atoms with Crippen LogP contribution in [-0.4, -0.2) is 20.5 Å². The van der Waals surface area contributed by atoms with Gasteiger partial charge < -0.3 is 5.73 Å². The van der Waals surface area contributed by atoms with Crippen LogP contribution in [0.25, 0.3) is 0 Å². The van der Waals surface area contributed by atoms with Crippen molar-refractivity contribution < 1.29 is 8.42 Å². The molecular formula is C14H22N2O2S. The Bertz CT molecular complexity index is 553. The van der Waals surface area contributed by atoms with Crippen LogP contribution in [0.2, 0.25) is 0 Å². The van der Waals surface area contributed by atoms with E-state index in [-0.39, 0.29) is 12.1 Å². The maximum atomic E-state index is 12.3. The average Bonchev–Trinajstić information content (AvgIpc) is 2.73. The molecule has 3 N–H and O–H groups in total. The zero-order valence-corrected chi connectivity index (χ0v) is 12.3. The predicted molar refractivity (Wildman–Crippen MR) is 76.5 cm³/mol. The third kappa shape index (κ3) is 3.55. The Morgan fingerprint density at radius 3 is 2.63 bits per heavy atom. The largest absolute Gasteiger partial charge is 0.328 e. The fourth-order valence-corrected chi connectivity index (χ4v) is 3.96. The molecule has 0 bridgehead atoms. The average molecular weight is 282 g/mol. The lowest BCUT2D eigenvalue weighted by Crippen LogP contribution is -2.36. The van der Waals surface area contributed by atoms with E-state index in [2.05, 4.69) is 4.72 Å². The summed E-state index contributed by atoms with van der Waals surface area (Å²) in [5, 5.41) is 0. The van der Waals surface area contributed by atoms with Gasteiger partial charge in [0.05, 0.1) is 4.90 Å². The summed E-state index contributed by atoms with van der Waals surface area (Å²) in [5.74, 6) is 0. The fourth-order valence-electron chi connectivity index (χ4n) is 2.65. The molecule has 0 saturated carbocycles. The van der Waals surface area contributed by atoms with Gasteiger partial charge in [0.1, 0.15) is 0 Å². The van der Waals surface area contributed by atoms with Crippen molar-refractivity contribution in [2.24, 2.45) is 5.73 Å². The lowest BCUT2D eigenvalue weighted by atomic mass is 10.1. The molecule has 0 amide bonds. The van der Waals surface area contributed by atoms with Gasteiger partial charge in [-0.1, -0.05) is 6.07 Å². The summed E-state index contributed by atoms with van der Waals surface area (Å²) in [7, 11) is -3.43. The molecule has 1 aromatic rings. The highest BCUT2D eigenvalue weighted by Crippen LogP contribution is 2.24. The number of nitrogens with one attached hydrogen (secondary N) is 1. The minimum absolute atomic E-state index is 0.0160. The van der Waals surface area contributed by atoms with E-state index < -0.39 is 10.0 Å². The Hall–Kier alpha value is -0.910. The summed E-state index contributed by atoms with van der Waals surface area (Å²) >= 11 is 0. The second kappa shape index (κ2) is 5.61. The first-order chi connectivity index (χ1) is 8.88. The van der Waals surface area contributed by atoms with Crippen LogP contribution in [0, 0.1) is 0 Å². The van der Waals surface area contributed by atoms with E-state index in [4.69, 9.17) is 5.73 Å². The number of hydrogen-bond donors (Lipinski definition) is 2. The van der Waals surface area contributed by atoms with Crippen molar-refractivity contribution in [3.8, 4) is 0 Å². The van der Waals surface area contributed by atoms with Crippen LogP contribution in [0.3, 0.4) is 0 Å². The van der Waals surface area contributed by atoms with Gasteiger partial charge in [-0.15, -0.1) is 0 Å². The van der Waals surface area contributed by atoms with Gasteiger partial charge in [0.2, 0.25) is 10.0 Å². The molecule has 2 atom stereocenters. The Morgan fingerprint density at radius 1 is 1.26 bits per heavy atom. The van der Waals surface area contributed by atoms with Crippen LogP contribution in [0.4, 0.5) is 0 Å². The number of nitrogens with two attached hydrogens (primary N) is 1. The van der Waals surface area contributed by atoms with E-state index in [1.54, 1.807) is 6.07 Å². The predicted octanol–water partition coefficient (Wildman–Crippen LogP) is 1.58. The number of benzene rings is 1. The SMILES string of the molecule is CC(N)CC(C)NS(=O)(=O)c1ccc2c(c1)CCC2. The number of aryl methyl sites for hydroxylation is 2. The van der Waals surface area contributed by atoms with Crippen LogP contribution in [0.1, 0.15) is 37.8 Å². The highest BCUT2D eigenvalue weighted by Gasteiger charge is 2.20. The molecule has 0 aliphatic heterocycles. The van der Waals surface area contributed by atoms with E-state index in [1.807, 2.05) is 26.0 Å². The molecule has 1 aromatic carbocycles. The minimum atomic E-state index is -3.43. The van der Waals surface area contributed by atoms with Gasteiger partial charge in [-0.3, -0.25) is 0 Å². The minimum Gasteiger partial charge on any atom is -0.328 e. The Balaban J connectivity index is 2.15. The first-order valence-electron chi connectivity index (χ1n) is 6.78. The van der Waals surface area contributed by atoms with E-state index >= 15 is 0 Å². The molecule has 2 unspecified atom stereocenters. The van der Waals surface area contributed by atoms with Gasteiger partial charge in [0.15, 0.2) is 0 Å². The summed E-state index contributed by atoms with van der Waals surface area (Å²) in [6, 6.07) is 5.28. The topological polar surface area (TPSA) is 72.2 Å². The molecule has 5 heteroatoms. The van der Waals surface area contributed by atoms with Gasteiger partial charge in [-0.2, -0.15) is 0 Å². The molecule has 106 valence electrons.